The van der Waals surface area contributed by atoms with Gasteiger partial charge in [0.15, 0.2) is 11.3 Å². The Bertz CT molecular complexity index is 1810. The summed E-state index contributed by atoms with van der Waals surface area (Å²) in [5.74, 6) is 0.540. The van der Waals surface area contributed by atoms with E-state index in [1.807, 2.05) is 35.9 Å². The van der Waals surface area contributed by atoms with Crippen molar-refractivity contribution < 1.29 is 4.79 Å². The average Bonchev–Trinajstić information content (AvgIpc) is 3.40. The van der Waals surface area contributed by atoms with Crippen LogP contribution in [-0.4, -0.2) is 81.5 Å². The molecule has 0 spiro atoms. The average molecular weight is 638 g/mol. The number of piperidine rings is 1. The van der Waals surface area contributed by atoms with Gasteiger partial charge in [0.2, 0.25) is 5.91 Å². The molecule has 0 N–H and O–H groups in total. The van der Waals surface area contributed by atoms with Crippen LogP contribution in [0.5, 0.6) is 0 Å². The summed E-state index contributed by atoms with van der Waals surface area (Å²) >= 11 is 20.9. The molecular formula is C31H31Cl3N8O. The van der Waals surface area contributed by atoms with E-state index in [4.69, 9.17) is 39.8 Å². The van der Waals surface area contributed by atoms with Gasteiger partial charge in [-0.1, -0.05) is 64.8 Å². The molecule has 12 heteroatoms. The first-order chi connectivity index (χ1) is 20.6. The first kappa shape index (κ1) is 29.6. The molecule has 6 rings (SSSR count). The Hall–Kier alpha value is -3.42. The summed E-state index contributed by atoms with van der Waals surface area (Å²) in [5.41, 5.74) is 4.32. The summed E-state index contributed by atoms with van der Waals surface area (Å²) in [7, 11) is 4.14. The molecule has 2 aliphatic rings. The number of likely N-dealkylation sites (tertiary alicyclic amines) is 1. The van der Waals surface area contributed by atoms with Gasteiger partial charge in [-0.15, -0.1) is 5.10 Å². The lowest BCUT2D eigenvalue weighted by Gasteiger charge is -2.43. The third kappa shape index (κ3) is 5.00. The highest BCUT2D eigenvalue weighted by molar-refractivity contribution is 6.45. The predicted octanol–water partition coefficient (Wildman–Crippen LogP) is 6.30. The van der Waals surface area contributed by atoms with Crippen molar-refractivity contribution in [3.63, 3.8) is 0 Å². The number of aromatic nitrogens is 4. The zero-order chi connectivity index (χ0) is 30.6. The predicted molar refractivity (Wildman–Crippen MR) is 172 cm³/mol. The van der Waals surface area contributed by atoms with Crippen LogP contribution in [0.3, 0.4) is 0 Å². The van der Waals surface area contributed by atoms with Crippen LogP contribution in [-0.2, 0) is 4.79 Å². The van der Waals surface area contributed by atoms with Crippen molar-refractivity contribution in [2.45, 2.75) is 44.3 Å². The molecule has 0 aliphatic carbocycles. The zero-order valence-corrected chi connectivity index (χ0v) is 26.5. The van der Waals surface area contributed by atoms with Crippen molar-refractivity contribution in [1.82, 2.24) is 29.8 Å². The van der Waals surface area contributed by atoms with E-state index >= 15 is 0 Å². The zero-order valence-electron chi connectivity index (χ0n) is 24.2. The van der Waals surface area contributed by atoms with Gasteiger partial charge in [-0.3, -0.25) is 4.79 Å². The van der Waals surface area contributed by atoms with E-state index in [-0.39, 0.29) is 24.4 Å². The molecule has 43 heavy (non-hydrogen) atoms. The van der Waals surface area contributed by atoms with Crippen LogP contribution in [0.1, 0.15) is 30.9 Å². The van der Waals surface area contributed by atoms with Crippen LogP contribution in [0.4, 0.5) is 5.82 Å². The number of halogens is 3. The summed E-state index contributed by atoms with van der Waals surface area (Å²) < 4.78 is 1.91. The van der Waals surface area contributed by atoms with Gasteiger partial charge >= 0.3 is 0 Å². The minimum Gasteiger partial charge on any atom is -0.351 e. The number of anilines is 1. The third-order valence-corrected chi connectivity index (χ3v) is 9.91. The van der Waals surface area contributed by atoms with Gasteiger partial charge in [0.05, 0.1) is 39.1 Å². The van der Waals surface area contributed by atoms with Gasteiger partial charge in [0.25, 0.3) is 0 Å². The van der Waals surface area contributed by atoms with Crippen molar-refractivity contribution in [2.75, 3.05) is 38.6 Å². The SMILES string of the molecule is C=CC(=O)N1CC[C@H](n2nnc3c(N4CC(N(C)C)C4)nc4c(Cl)c(-c5cccc(C)c5Cl)c(Cl)cc4c32)C[C@H]1CC#N. The molecule has 2 saturated heterocycles. The quantitative estimate of drug-likeness (QED) is 0.229. The van der Waals surface area contributed by atoms with Crippen molar-refractivity contribution in [3.8, 4) is 17.2 Å². The lowest BCUT2D eigenvalue weighted by molar-refractivity contribution is -0.130. The van der Waals surface area contributed by atoms with E-state index in [2.05, 4.69) is 46.9 Å². The number of hydrogen-bond acceptors (Lipinski definition) is 7. The highest BCUT2D eigenvalue weighted by atomic mass is 35.5. The van der Waals surface area contributed by atoms with Crippen LogP contribution in [0.15, 0.2) is 36.9 Å². The van der Waals surface area contributed by atoms with E-state index in [0.29, 0.717) is 62.9 Å². The fourth-order valence-electron chi connectivity index (χ4n) is 6.23. The van der Waals surface area contributed by atoms with Crippen LogP contribution < -0.4 is 4.90 Å². The van der Waals surface area contributed by atoms with Gasteiger partial charge in [-0.2, -0.15) is 5.26 Å². The highest BCUT2D eigenvalue weighted by Gasteiger charge is 2.36. The van der Waals surface area contributed by atoms with Crippen molar-refractivity contribution >= 4 is 68.5 Å². The molecule has 2 atom stereocenters. The van der Waals surface area contributed by atoms with Gasteiger partial charge in [-0.25, -0.2) is 9.67 Å². The fourth-order valence-corrected chi connectivity index (χ4v) is 7.15. The van der Waals surface area contributed by atoms with Crippen LogP contribution >= 0.6 is 34.8 Å². The molecule has 2 aromatic carbocycles. The van der Waals surface area contributed by atoms with E-state index in [1.54, 1.807) is 4.90 Å². The van der Waals surface area contributed by atoms with E-state index in [0.717, 1.165) is 35.1 Å². The monoisotopic (exact) mass is 636 g/mol. The highest BCUT2D eigenvalue weighted by Crippen LogP contribution is 2.46. The van der Waals surface area contributed by atoms with Gasteiger partial charge < -0.3 is 14.7 Å². The Balaban J connectivity index is 1.55. The summed E-state index contributed by atoms with van der Waals surface area (Å²) in [5, 5.41) is 21.0. The number of nitrogens with zero attached hydrogens (tertiary/aromatic N) is 8. The number of aryl methyl sites for hydroxylation is 1. The summed E-state index contributed by atoms with van der Waals surface area (Å²) in [4.78, 5) is 23.8. The smallest absolute Gasteiger partial charge is 0.246 e. The number of likely N-dealkylation sites (N-methyl/N-ethyl adjacent to an activating group) is 1. The lowest BCUT2D eigenvalue weighted by Crippen LogP contribution is -2.57. The molecule has 0 bridgehead atoms. The Labute approximate surface area is 265 Å². The summed E-state index contributed by atoms with van der Waals surface area (Å²) in [6, 6.07) is 9.91. The number of carbonyl (C=O) groups is 1. The number of benzene rings is 2. The van der Waals surface area contributed by atoms with Crippen molar-refractivity contribution in [2.24, 2.45) is 0 Å². The topological polar surface area (TPSA) is 94.2 Å². The molecule has 9 nitrogen and oxygen atoms in total. The fraction of sp³-hybridized carbons (Fsp3) is 0.387. The number of rotatable bonds is 6. The van der Waals surface area contributed by atoms with E-state index < -0.39 is 0 Å². The van der Waals surface area contributed by atoms with Gasteiger partial charge in [0, 0.05) is 48.2 Å². The number of amides is 1. The maximum Gasteiger partial charge on any atom is 0.246 e. The minimum atomic E-state index is -0.264. The molecule has 1 amide bonds. The second-order valence-corrected chi connectivity index (χ2v) is 12.7. The maximum atomic E-state index is 12.5. The maximum absolute atomic E-state index is 12.5. The Morgan fingerprint density at radius 2 is 1.98 bits per heavy atom. The molecule has 2 fully saturated rings. The molecule has 2 aliphatic heterocycles. The molecule has 0 saturated carbocycles. The van der Waals surface area contributed by atoms with Crippen molar-refractivity contribution in [1.29, 1.82) is 5.26 Å². The number of hydrogen-bond donors (Lipinski definition) is 0. The molecule has 0 unspecified atom stereocenters. The number of fused-ring (bicyclic) bond motifs is 3. The molecular weight excluding hydrogens is 607 g/mol. The molecule has 4 aromatic rings. The first-order valence-electron chi connectivity index (χ1n) is 14.2. The van der Waals surface area contributed by atoms with E-state index in [1.165, 1.54) is 6.08 Å². The van der Waals surface area contributed by atoms with E-state index in [9.17, 15) is 10.1 Å². The molecule has 4 heterocycles. The largest absolute Gasteiger partial charge is 0.351 e. The summed E-state index contributed by atoms with van der Waals surface area (Å²) in [6.07, 6.45) is 2.71. The van der Waals surface area contributed by atoms with Gasteiger partial charge in [0.1, 0.15) is 5.52 Å². The number of pyridine rings is 1. The Morgan fingerprint density at radius 1 is 1.21 bits per heavy atom. The molecule has 2 aromatic heterocycles. The van der Waals surface area contributed by atoms with Crippen LogP contribution in [0.2, 0.25) is 15.1 Å². The van der Waals surface area contributed by atoms with Crippen LogP contribution in [0.25, 0.3) is 33.1 Å². The summed E-state index contributed by atoms with van der Waals surface area (Å²) in [6.45, 7) is 7.64. The third-order valence-electron chi connectivity index (χ3n) is 8.74. The lowest BCUT2D eigenvalue weighted by atomic mass is 9.94. The number of carbonyl (C=O) groups excluding carboxylic acids is 1. The Morgan fingerprint density at radius 3 is 2.67 bits per heavy atom. The molecule has 222 valence electrons. The standard InChI is InChI=1S/C31H31Cl3N8O/c1-5-24(43)41-12-10-19(13-18(41)9-11-35)42-30-22-14-23(32)25(21-8-6-7-17(2)26(21)33)27(34)28(22)36-31(29(30)37-38-42)40-15-20(16-40)39(3)4/h5-8,14,18-20H,1,9-10,12-13,15-16H2,2-4H3/t18-,19+/m1/s1. The second-order valence-electron chi connectivity index (χ2n) is 11.5. The number of nitriles is 1. The molecule has 0 radical (unpaired) electrons. The minimum absolute atomic E-state index is 0.106. The Kier molecular flexibility index (Phi) is 7.99. The first-order valence-corrected chi connectivity index (χ1v) is 15.3. The van der Waals surface area contributed by atoms with Crippen molar-refractivity contribution in [3.05, 3.63) is 57.6 Å². The second kappa shape index (κ2) is 11.6. The van der Waals surface area contributed by atoms with Gasteiger partial charge in [-0.05, 0) is 51.6 Å². The van der Waals surface area contributed by atoms with Crippen LogP contribution in [0, 0.1) is 18.3 Å². The normalized spacial score (nSPS) is 19.2.